The normalized spacial score (nSPS) is 12.0. The predicted octanol–water partition coefficient (Wildman–Crippen LogP) is 2.21. The molecular weight excluding hydrogens is 374 g/mol. The van der Waals surface area contributed by atoms with Crippen LogP contribution in [0, 0.1) is 0 Å². The standard InChI is InChI=1S/C18H19NO7S/c1-12(17(20)25-3)26-18(21)15-6-4-5-7-16(15)19-27(22,23)14-10-8-13(24-2)9-11-14/h4-12,19H,1-3H3/t12-/m0/s1. The summed E-state index contributed by atoms with van der Waals surface area (Å²) in [5.74, 6) is -1.07. The summed E-state index contributed by atoms with van der Waals surface area (Å²) < 4.78 is 42.0. The number of carbonyl (C=O) groups is 2. The topological polar surface area (TPSA) is 108 Å². The second-order valence-electron chi connectivity index (χ2n) is 5.40. The van der Waals surface area contributed by atoms with Crippen molar-refractivity contribution >= 4 is 27.6 Å². The van der Waals surface area contributed by atoms with Gasteiger partial charge in [-0.05, 0) is 43.3 Å². The van der Waals surface area contributed by atoms with E-state index >= 15 is 0 Å². The van der Waals surface area contributed by atoms with Gasteiger partial charge in [0.15, 0.2) is 6.10 Å². The maximum Gasteiger partial charge on any atom is 0.346 e. The van der Waals surface area contributed by atoms with Crippen LogP contribution in [-0.2, 0) is 24.3 Å². The summed E-state index contributed by atoms with van der Waals surface area (Å²) in [6.07, 6.45) is -1.13. The van der Waals surface area contributed by atoms with Crippen LogP contribution in [0.2, 0.25) is 0 Å². The summed E-state index contributed by atoms with van der Waals surface area (Å²) >= 11 is 0. The summed E-state index contributed by atoms with van der Waals surface area (Å²) in [4.78, 5) is 23.7. The van der Waals surface area contributed by atoms with Crippen molar-refractivity contribution in [2.45, 2.75) is 17.9 Å². The van der Waals surface area contributed by atoms with Crippen LogP contribution >= 0.6 is 0 Å². The van der Waals surface area contributed by atoms with E-state index < -0.39 is 28.1 Å². The zero-order valence-electron chi connectivity index (χ0n) is 15.0. The average Bonchev–Trinajstić information content (AvgIpc) is 2.67. The number of benzene rings is 2. The number of ether oxygens (including phenoxy) is 3. The molecule has 144 valence electrons. The Balaban J connectivity index is 2.26. The van der Waals surface area contributed by atoms with Gasteiger partial charge < -0.3 is 14.2 Å². The molecule has 9 heteroatoms. The van der Waals surface area contributed by atoms with E-state index in [9.17, 15) is 18.0 Å². The van der Waals surface area contributed by atoms with Gasteiger partial charge in [-0.25, -0.2) is 18.0 Å². The lowest BCUT2D eigenvalue weighted by molar-refractivity contribution is -0.149. The minimum Gasteiger partial charge on any atom is -0.497 e. The van der Waals surface area contributed by atoms with Gasteiger partial charge in [-0.2, -0.15) is 0 Å². The minimum atomic E-state index is -3.95. The van der Waals surface area contributed by atoms with Crippen molar-refractivity contribution in [1.82, 2.24) is 0 Å². The highest BCUT2D eigenvalue weighted by Gasteiger charge is 2.23. The lowest BCUT2D eigenvalue weighted by atomic mass is 10.2. The number of para-hydroxylation sites is 1. The average molecular weight is 393 g/mol. The fourth-order valence-electron chi connectivity index (χ4n) is 2.15. The SMILES string of the molecule is COC(=O)[C@H](C)OC(=O)c1ccccc1NS(=O)(=O)c1ccc(OC)cc1. The molecule has 2 rings (SSSR count). The maximum absolute atomic E-state index is 12.6. The zero-order valence-corrected chi connectivity index (χ0v) is 15.8. The zero-order chi connectivity index (χ0) is 20.0. The van der Waals surface area contributed by atoms with Crippen LogP contribution in [0.15, 0.2) is 53.4 Å². The van der Waals surface area contributed by atoms with E-state index in [0.717, 1.165) is 0 Å². The molecule has 0 aliphatic rings. The van der Waals surface area contributed by atoms with Gasteiger partial charge in [0.2, 0.25) is 0 Å². The molecule has 0 aliphatic carbocycles. The van der Waals surface area contributed by atoms with E-state index in [-0.39, 0.29) is 16.1 Å². The van der Waals surface area contributed by atoms with Gasteiger partial charge >= 0.3 is 11.9 Å². The quantitative estimate of drug-likeness (QED) is 0.719. The minimum absolute atomic E-state index is 0.00519. The van der Waals surface area contributed by atoms with Crippen LogP contribution in [0.5, 0.6) is 5.75 Å². The number of carbonyl (C=O) groups excluding carboxylic acids is 2. The first kappa shape index (κ1) is 20.2. The number of anilines is 1. The highest BCUT2D eigenvalue weighted by Crippen LogP contribution is 2.22. The van der Waals surface area contributed by atoms with Gasteiger partial charge in [0.05, 0.1) is 30.4 Å². The predicted molar refractivity (Wildman–Crippen MR) is 97.1 cm³/mol. The van der Waals surface area contributed by atoms with Crippen molar-refractivity contribution in [2.24, 2.45) is 0 Å². The third-order valence-corrected chi connectivity index (χ3v) is 4.96. The van der Waals surface area contributed by atoms with Crippen LogP contribution in [0.25, 0.3) is 0 Å². The summed E-state index contributed by atoms with van der Waals surface area (Å²) in [6, 6.07) is 11.7. The molecule has 2 aromatic rings. The van der Waals surface area contributed by atoms with Crippen LogP contribution < -0.4 is 9.46 Å². The number of esters is 2. The summed E-state index contributed by atoms with van der Waals surface area (Å²) in [7, 11) is -1.31. The van der Waals surface area contributed by atoms with E-state index in [1.807, 2.05) is 0 Å². The van der Waals surface area contributed by atoms with Crippen molar-refractivity contribution < 1.29 is 32.2 Å². The molecule has 0 saturated carbocycles. The van der Waals surface area contributed by atoms with E-state index in [1.165, 1.54) is 57.5 Å². The van der Waals surface area contributed by atoms with Crippen LogP contribution in [0.1, 0.15) is 17.3 Å². The third kappa shape index (κ3) is 4.98. The smallest absolute Gasteiger partial charge is 0.346 e. The number of rotatable bonds is 7. The molecule has 0 aromatic heterocycles. The van der Waals surface area contributed by atoms with E-state index in [2.05, 4.69) is 9.46 Å². The van der Waals surface area contributed by atoms with E-state index in [4.69, 9.17) is 9.47 Å². The fourth-order valence-corrected chi connectivity index (χ4v) is 3.23. The largest absolute Gasteiger partial charge is 0.497 e. The molecule has 0 radical (unpaired) electrons. The molecule has 0 amide bonds. The summed E-state index contributed by atoms with van der Waals surface area (Å²) in [6.45, 7) is 1.36. The molecule has 8 nitrogen and oxygen atoms in total. The molecule has 0 fully saturated rings. The first-order valence-electron chi connectivity index (χ1n) is 7.83. The lowest BCUT2D eigenvalue weighted by Crippen LogP contribution is -2.26. The monoisotopic (exact) mass is 393 g/mol. The molecule has 1 atom stereocenters. The molecule has 27 heavy (non-hydrogen) atoms. The molecule has 1 N–H and O–H groups in total. The molecule has 0 aliphatic heterocycles. The Morgan fingerprint density at radius 1 is 1.00 bits per heavy atom. The number of methoxy groups -OCH3 is 2. The van der Waals surface area contributed by atoms with E-state index in [1.54, 1.807) is 12.1 Å². The summed E-state index contributed by atoms with van der Waals surface area (Å²) in [5.41, 5.74) is -0.0132. The van der Waals surface area contributed by atoms with Gasteiger partial charge in [0.1, 0.15) is 5.75 Å². The number of hydrogen-bond donors (Lipinski definition) is 1. The van der Waals surface area contributed by atoms with Crippen molar-refractivity contribution in [1.29, 1.82) is 0 Å². The molecule has 0 spiro atoms. The van der Waals surface area contributed by atoms with Gasteiger partial charge in [-0.1, -0.05) is 12.1 Å². The molecular formula is C18H19NO7S. The van der Waals surface area contributed by atoms with Crippen molar-refractivity contribution in [2.75, 3.05) is 18.9 Å². The van der Waals surface area contributed by atoms with Gasteiger partial charge in [-0.15, -0.1) is 0 Å². The van der Waals surface area contributed by atoms with Gasteiger partial charge in [0.25, 0.3) is 10.0 Å². The lowest BCUT2D eigenvalue weighted by Gasteiger charge is -2.14. The van der Waals surface area contributed by atoms with Crippen molar-refractivity contribution in [3.63, 3.8) is 0 Å². The molecule has 2 aromatic carbocycles. The fraction of sp³-hybridized carbons (Fsp3) is 0.222. The Morgan fingerprint density at radius 2 is 1.63 bits per heavy atom. The van der Waals surface area contributed by atoms with Crippen LogP contribution in [0.3, 0.4) is 0 Å². The first-order chi connectivity index (χ1) is 12.8. The van der Waals surface area contributed by atoms with Crippen molar-refractivity contribution in [3.8, 4) is 5.75 Å². The first-order valence-corrected chi connectivity index (χ1v) is 9.31. The van der Waals surface area contributed by atoms with Gasteiger partial charge in [-0.3, -0.25) is 4.72 Å². The third-order valence-electron chi connectivity index (χ3n) is 3.58. The number of nitrogens with one attached hydrogen (secondary N) is 1. The highest BCUT2D eigenvalue weighted by atomic mass is 32.2. The number of hydrogen-bond acceptors (Lipinski definition) is 7. The molecule has 0 bridgehead atoms. The van der Waals surface area contributed by atoms with Crippen LogP contribution in [-0.4, -0.2) is 40.7 Å². The molecule has 0 heterocycles. The molecule has 0 saturated heterocycles. The highest BCUT2D eigenvalue weighted by molar-refractivity contribution is 7.92. The molecule has 0 unspecified atom stereocenters. The Morgan fingerprint density at radius 3 is 2.22 bits per heavy atom. The Hall–Kier alpha value is -3.07. The maximum atomic E-state index is 12.6. The second kappa shape index (κ2) is 8.54. The Kier molecular flexibility index (Phi) is 6.40. The second-order valence-corrected chi connectivity index (χ2v) is 7.08. The summed E-state index contributed by atoms with van der Waals surface area (Å²) in [5, 5.41) is 0. The van der Waals surface area contributed by atoms with Crippen LogP contribution in [0.4, 0.5) is 5.69 Å². The van der Waals surface area contributed by atoms with Gasteiger partial charge in [0, 0.05) is 0 Å². The van der Waals surface area contributed by atoms with E-state index in [0.29, 0.717) is 5.75 Å². The number of sulfonamides is 1. The Labute approximate surface area is 157 Å². The Bertz CT molecular complexity index is 923. The van der Waals surface area contributed by atoms with Crippen molar-refractivity contribution in [3.05, 3.63) is 54.1 Å².